The molecule has 3 atom stereocenters. The topological polar surface area (TPSA) is 94.4 Å². The van der Waals surface area contributed by atoms with E-state index in [0.717, 1.165) is 12.1 Å². The zero-order valence-corrected chi connectivity index (χ0v) is 17.4. The number of amides is 1. The van der Waals surface area contributed by atoms with Crippen molar-refractivity contribution in [2.75, 3.05) is 18.5 Å². The van der Waals surface area contributed by atoms with E-state index in [1.165, 1.54) is 30.3 Å². The second-order valence-corrected chi connectivity index (χ2v) is 7.68. The molecule has 2 aromatic rings. The minimum atomic E-state index is -4.88. The van der Waals surface area contributed by atoms with Gasteiger partial charge in [-0.2, -0.15) is 31.6 Å². The van der Waals surface area contributed by atoms with E-state index >= 15 is 0 Å². The number of carbonyl (C=O) groups excluding carboxylic acids is 1. The molecule has 0 aromatic heterocycles. The van der Waals surface area contributed by atoms with Crippen molar-refractivity contribution in [3.63, 3.8) is 0 Å². The molecular formula is C22H19F6N3O3. The van der Waals surface area contributed by atoms with Crippen LogP contribution in [0.1, 0.15) is 29.0 Å². The predicted octanol–water partition coefficient (Wildman–Crippen LogP) is 3.96. The van der Waals surface area contributed by atoms with Gasteiger partial charge >= 0.3 is 12.4 Å². The molecule has 1 amide bonds. The molecule has 2 aromatic carbocycles. The van der Waals surface area contributed by atoms with Crippen molar-refractivity contribution in [1.82, 2.24) is 5.32 Å². The highest BCUT2D eigenvalue weighted by atomic mass is 19.4. The molecule has 0 bridgehead atoms. The van der Waals surface area contributed by atoms with E-state index in [1.807, 2.05) is 0 Å². The number of nitrogens with one attached hydrogen (secondary N) is 2. The Kier molecular flexibility index (Phi) is 7.38. The lowest BCUT2D eigenvalue weighted by atomic mass is 9.88. The van der Waals surface area contributed by atoms with Gasteiger partial charge < -0.3 is 15.2 Å². The SMILES string of the molecule is N#Cc1ccc(C2C[C@@H](COc3ccc(NC(=O)CO)cc3)N[C@H]2C(F)(F)F)cc1C(F)(F)F. The lowest BCUT2D eigenvalue weighted by molar-refractivity contribution is -0.156. The number of halogens is 6. The van der Waals surface area contributed by atoms with Crippen molar-refractivity contribution in [3.05, 3.63) is 59.2 Å². The molecule has 3 rings (SSSR count). The van der Waals surface area contributed by atoms with Gasteiger partial charge in [0, 0.05) is 17.6 Å². The van der Waals surface area contributed by atoms with Crippen molar-refractivity contribution >= 4 is 11.6 Å². The summed E-state index contributed by atoms with van der Waals surface area (Å²) in [5.74, 6) is -1.63. The number of benzene rings is 2. The molecule has 1 saturated heterocycles. The largest absolute Gasteiger partial charge is 0.492 e. The minimum Gasteiger partial charge on any atom is -0.492 e. The molecule has 3 N–H and O–H groups in total. The maximum absolute atomic E-state index is 13.7. The maximum atomic E-state index is 13.7. The summed E-state index contributed by atoms with van der Waals surface area (Å²) in [4.78, 5) is 11.2. The second-order valence-electron chi connectivity index (χ2n) is 7.68. The third kappa shape index (κ3) is 5.98. The molecule has 1 unspecified atom stereocenters. The van der Waals surface area contributed by atoms with Gasteiger partial charge in [0.05, 0.1) is 17.2 Å². The number of nitrogens with zero attached hydrogens (tertiary/aromatic N) is 1. The number of aliphatic hydroxyl groups is 1. The van der Waals surface area contributed by atoms with Gasteiger partial charge in [-0.15, -0.1) is 0 Å². The monoisotopic (exact) mass is 487 g/mol. The first-order chi connectivity index (χ1) is 15.9. The van der Waals surface area contributed by atoms with Crippen molar-refractivity contribution in [2.24, 2.45) is 0 Å². The highest BCUT2D eigenvalue weighted by Crippen LogP contribution is 2.42. The molecule has 0 radical (unpaired) electrons. The van der Waals surface area contributed by atoms with E-state index in [2.05, 4.69) is 10.6 Å². The van der Waals surface area contributed by atoms with Crippen LogP contribution in [0.15, 0.2) is 42.5 Å². The van der Waals surface area contributed by atoms with Gasteiger partial charge in [-0.05, 0) is 48.4 Å². The molecular weight excluding hydrogens is 468 g/mol. The maximum Gasteiger partial charge on any atom is 0.417 e. The van der Waals surface area contributed by atoms with E-state index in [0.29, 0.717) is 17.5 Å². The molecule has 0 spiro atoms. The standard InChI is InChI=1S/C22H19F6N3O3/c23-21(24,25)18-7-12(1-2-13(18)9-29)17-8-15(31-20(17)22(26,27)28)11-34-16-5-3-14(4-6-16)30-19(33)10-32/h1-7,15,17,20,31-32H,8,10-11H2,(H,30,33)/t15-,17?,20+/m0/s1. The first-order valence-electron chi connectivity index (χ1n) is 10.00. The highest BCUT2D eigenvalue weighted by Gasteiger charge is 2.51. The zero-order valence-electron chi connectivity index (χ0n) is 17.4. The summed E-state index contributed by atoms with van der Waals surface area (Å²) in [5.41, 5.74) is -1.73. The fourth-order valence-electron chi connectivity index (χ4n) is 3.80. The van der Waals surface area contributed by atoms with Crippen LogP contribution in [0.25, 0.3) is 0 Å². The third-order valence-corrected chi connectivity index (χ3v) is 5.34. The van der Waals surface area contributed by atoms with E-state index in [9.17, 15) is 31.1 Å². The number of aliphatic hydroxyl groups excluding tert-OH is 1. The Labute approximate surface area is 190 Å². The van der Waals surface area contributed by atoms with Crippen molar-refractivity contribution in [1.29, 1.82) is 5.26 Å². The average molecular weight is 487 g/mol. The van der Waals surface area contributed by atoms with Crippen LogP contribution in [0.5, 0.6) is 5.75 Å². The highest BCUT2D eigenvalue weighted by molar-refractivity contribution is 5.91. The van der Waals surface area contributed by atoms with Crippen LogP contribution in [0.4, 0.5) is 32.0 Å². The molecule has 1 aliphatic heterocycles. The van der Waals surface area contributed by atoms with Gasteiger partial charge in [0.1, 0.15) is 25.0 Å². The summed E-state index contributed by atoms with van der Waals surface area (Å²) in [6.45, 7) is -0.884. The van der Waals surface area contributed by atoms with E-state index in [4.69, 9.17) is 15.1 Å². The minimum absolute atomic E-state index is 0.141. The van der Waals surface area contributed by atoms with Gasteiger partial charge in [-0.25, -0.2) is 0 Å². The number of anilines is 1. The Bertz CT molecular complexity index is 1060. The van der Waals surface area contributed by atoms with Gasteiger partial charge in [-0.3, -0.25) is 10.1 Å². The average Bonchev–Trinajstić information content (AvgIpc) is 3.22. The molecule has 0 saturated carbocycles. The van der Waals surface area contributed by atoms with Crippen LogP contribution in [0.2, 0.25) is 0 Å². The quantitative estimate of drug-likeness (QED) is 0.537. The summed E-state index contributed by atoms with van der Waals surface area (Å²) in [5, 5.41) is 22.5. The van der Waals surface area contributed by atoms with Crippen LogP contribution in [-0.2, 0) is 11.0 Å². The van der Waals surface area contributed by atoms with Gasteiger partial charge in [0.25, 0.3) is 0 Å². The van der Waals surface area contributed by atoms with Gasteiger partial charge in [0.15, 0.2) is 0 Å². The third-order valence-electron chi connectivity index (χ3n) is 5.34. The number of hydrogen-bond acceptors (Lipinski definition) is 5. The molecule has 1 aliphatic rings. The summed E-state index contributed by atoms with van der Waals surface area (Å²) < 4.78 is 86.4. The van der Waals surface area contributed by atoms with Crippen LogP contribution in [0, 0.1) is 11.3 Å². The fraction of sp³-hybridized carbons (Fsp3) is 0.364. The zero-order chi connectivity index (χ0) is 25.1. The molecule has 182 valence electrons. The first-order valence-corrected chi connectivity index (χ1v) is 10.00. The summed E-state index contributed by atoms with van der Waals surface area (Å²) in [7, 11) is 0. The first kappa shape index (κ1) is 25.3. The molecule has 1 fully saturated rings. The molecule has 6 nitrogen and oxygen atoms in total. The summed E-state index contributed by atoms with van der Waals surface area (Å²) >= 11 is 0. The Balaban J connectivity index is 1.75. The predicted molar refractivity (Wildman–Crippen MR) is 108 cm³/mol. The van der Waals surface area contributed by atoms with Crippen LogP contribution >= 0.6 is 0 Å². The number of rotatable bonds is 6. The molecule has 0 aliphatic carbocycles. The van der Waals surface area contributed by atoms with Crippen LogP contribution in [-0.4, -0.2) is 42.5 Å². The van der Waals surface area contributed by atoms with E-state index in [1.54, 1.807) is 0 Å². The number of nitriles is 1. The van der Waals surface area contributed by atoms with Gasteiger partial charge in [-0.1, -0.05) is 6.07 Å². The van der Waals surface area contributed by atoms with E-state index in [-0.39, 0.29) is 18.6 Å². The Morgan fingerprint density at radius 1 is 1.15 bits per heavy atom. The molecule has 1 heterocycles. The molecule has 34 heavy (non-hydrogen) atoms. The van der Waals surface area contributed by atoms with Crippen molar-refractivity contribution < 1.29 is 41.0 Å². The van der Waals surface area contributed by atoms with E-state index < -0.39 is 54.0 Å². The smallest absolute Gasteiger partial charge is 0.417 e. The lowest BCUT2D eigenvalue weighted by Gasteiger charge is -2.23. The number of hydrogen-bond donors (Lipinski definition) is 3. The van der Waals surface area contributed by atoms with Crippen LogP contribution < -0.4 is 15.4 Å². The van der Waals surface area contributed by atoms with Crippen molar-refractivity contribution in [3.8, 4) is 11.8 Å². The Hall–Kier alpha value is -3.30. The van der Waals surface area contributed by atoms with Crippen molar-refractivity contribution in [2.45, 2.75) is 36.8 Å². The summed E-state index contributed by atoms with van der Waals surface area (Å²) in [6.07, 6.45) is -9.75. The summed E-state index contributed by atoms with van der Waals surface area (Å²) in [6, 6.07) is 7.00. The molecule has 12 heteroatoms. The van der Waals surface area contributed by atoms with Gasteiger partial charge in [0.2, 0.25) is 5.91 Å². The Morgan fingerprint density at radius 2 is 1.82 bits per heavy atom. The fourth-order valence-corrected chi connectivity index (χ4v) is 3.80. The number of carbonyl (C=O) groups is 1. The number of ether oxygens (including phenoxy) is 1. The Morgan fingerprint density at radius 3 is 2.38 bits per heavy atom. The van der Waals surface area contributed by atoms with Crippen LogP contribution in [0.3, 0.4) is 0 Å². The number of alkyl halides is 6. The lowest BCUT2D eigenvalue weighted by Crippen LogP contribution is -2.44. The second kappa shape index (κ2) is 9.90. The normalized spacial score (nSPS) is 20.6.